The van der Waals surface area contributed by atoms with Gasteiger partial charge in [-0.05, 0) is 43.6 Å². The number of rotatable bonds is 11. The van der Waals surface area contributed by atoms with Gasteiger partial charge in [0.05, 0.1) is 19.8 Å². The van der Waals surface area contributed by atoms with Crippen molar-refractivity contribution < 1.29 is 9.84 Å². The number of thioether (sulfide) groups is 1. The molecule has 1 heterocycles. The summed E-state index contributed by atoms with van der Waals surface area (Å²) in [4.78, 5) is 2.55. The number of methoxy groups -OCH3 is 1. The Morgan fingerprint density at radius 2 is 2.17 bits per heavy atom. The lowest BCUT2D eigenvalue weighted by atomic mass is 10.1. The van der Waals surface area contributed by atoms with Crippen LogP contribution in [0, 0.1) is 0 Å². The van der Waals surface area contributed by atoms with Crippen LogP contribution >= 0.6 is 11.8 Å². The van der Waals surface area contributed by atoms with Crippen molar-refractivity contribution in [1.82, 2.24) is 10.2 Å². The number of hydrogen-bond donors (Lipinski definition) is 2. The van der Waals surface area contributed by atoms with E-state index in [2.05, 4.69) is 10.2 Å². The zero-order chi connectivity index (χ0) is 16.3. The first-order valence-corrected chi connectivity index (χ1v) is 9.77. The highest BCUT2D eigenvalue weighted by molar-refractivity contribution is 7.99. The number of nitrogens with one attached hydrogen (secondary N) is 1. The van der Waals surface area contributed by atoms with Gasteiger partial charge >= 0.3 is 0 Å². The van der Waals surface area contributed by atoms with E-state index in [1.807, 2.05) is 36.0 Å². The Balaban J connectivity index is 1.58. The summed E-state index contributed by atoms with van der Waals surface area (Å²) in [6.45, 7) is 3.58. The molecular weight excluding hydrogens is 308 g/mol. The Labute approximate surface area is 144 Å². The van der Waals surface area contributed by atoms with Crippen molar-refractivity contribution >= 4 is 11.8 Å². The summed E-state index contributed by atoms with van der Waals surface area (Å²) in [5, 5.41) is 13.0. The fourth-order valence-corrected chi connectivity index (χ4v) is 3.90. The molecule has 0 bridgehead atoms. The first-order chi connectivity index (χ1) is 11.3. The summed E-state index contributed by atoms with van der Waals surface area (Å²) in [5.41, 5.74) is 1.08. The summed E-state index contributed by atoms with van der Waals surface area (Å²) in [7, 11) is 1.67. The maximum atomic E-state index is 9.59. The molecule has 5 heteroatoms. The first-order valence-electron chi connectivity index (χ1n) is 8.62. The van der Waals surface area contributed by atoms with Gasteiger partial charge < -0.3 is 15.2 Å². The zero-order valence-corrected chi connectivity index (χ0v) is 15.0. The van der Waals surface area contributed by atoms with Gasteiger partial charge in [0.25, 0.3) is 0 Å². The van der Waals surface area contributed by atoms with Crippen LogP contribution in [0.25, 0.3) is 0 Å². The third kappa shape index (κ3) is 6.71. The van der Waals surface area contributed by atoms with Gasteiger partial charge in [0.2, 0.25) is 0 Å². The van der Waals surface area contributed by atoms with E-state index < -0.39 is 0 Å². The lowest BCUT2D eigenvalue weighted by Gasteiger charge is -2.17. The van der Waals surface area contributed by atoms with Gasteiger partial charge in [-0.2, -0.15) is 0 Å². The van der Waals surface area contributed by atoms with E-state index in [1.165, 1.54) is 44.0 Å². The van der Waals surface area contributed by atoms with Gasteiger partial charge in [0, 0.05) is 18.2 Å². The molecule has 130 valence electrons. The van der Waals surface area contributed by atoms with Gasteiger partial charge in [-0.1, -0.05) is 25.0 Å². The highest BCUT2D eigenvalue weighted by atomic mass is 32.2. The maximum absolute atomic E-state index is 9.59. The van der Waals surface area contributed by atoms with Crippen molar-refractivity contribution in [3.05, 3.63) is 29.8 Å². The molecule has 2 N–H and O–H groups in total. The molecule has 0 aromatic heterocycles. The van der Waals surface area contributed by atoms with E-state index in [0.717, 1.165) is 24.3 Å². The van der Waals surface area contributed by atoms with E-state index in [0.29, 0.717) is 0 Å². The van der Waals surface area contributed by atoms with E-state index in [9.17, 15) is 5.11 Å². The number of aliphatic hydroxyl groups is 1. The molecule has 1 saturated heterocycles. The third-order valence-corrected chi connectivity index (χ3v) is 5.32. The normalized spacial score (nSPS) is 16.6. The average Bonchev–Trinajstić information content (AvgIpc) is 3.11. The van der Waals surface area contributed by atoms with E-state index >= 15 is 0 Å². The quantitative estimate of drug-likeness (QED) is 0.608. The zero-order valence-electron chi connectivity index (χ0n) is 14.2. The molecule has 1 aromatic rings. The summed E-state index contributed by atoms with van der Waals surface area (Å²) < 4.78 is 5.25. The number of ether oxygens (including phenoxy) is 1. The molecule has 1 atom stereocenters. The van der Waals surface area contributed by atoms with E-state index in [4.69, 9.17) is 4.74 Å². The Morgan fingerprint density at radius 3 is 2.91 bits per heavy atom. The van der Waals surface area contributed by atoms with Crippen LogP contribution in [0.4, 0.5) is 0 Å². The topological polar surface area (TPSA) is 44.7 Å². The van der Waals surface area contributed by atoms with Gasteiger partial charge in [0.1, 0.15) is 5.75 Å². The molecule has 4 nitrogen and oxygen atoms in total. The fraction of sp³-hybridized carbons (Fsp3) is 0.667. The van der Waals surface area contributed by atoms with Crippen LogP contribution in [0.3, 0.4) is 0 Å². The lowest BCUT2D eigenvalue weighted by Crippen LogP contribution is -2.25. The van der Waals surface area contributed by atoms with Gasteiger partial charge in [-0.15, -0.1) is 11.8 Å². The van der Waals surface area contributed by atoms with Gasteiger partial charge in [-0.25, -0.2) is 0 Å². The van der Waals surface area contributed by atoms with Crippen LogP contribution in [0.2, 0.25) is 0 Å². The highest BCUT2D eigenvalue weighted by Crippen LogP contribution is 2.19. The van der Waals surface area contributed by atoms with Gasteiger partial charge in [-0.3, -0.25) is 4.90 Å². The number of hydrogen-bond acceptors (Lipinski definition) is 5. The largest absolute Gasteiger partial charge is 0.497 e. The molecule has 0 aliphatic carbocycles. The molecule has 1 aliphatic rings. The van der Waals surface area contributed by atoms with E-state index in [1.54, 1.807) is 7.11 Å². The monoisotopic (exact) mass is 338 g/mol. The Bertz CT molecular complexity index is 439. The number of unbranched alkanes of at least 4 members (excludes halogenated alkanes) is 3. The predicted octanol–water partition coefficient (Wildman–Crippen LogP) is 2.88. The molecule has 0 saturated carbocycles. The minimum atomic E-state index is -0.00766. The van der Waals surface area contributed by atoms with Crippen LogP contribution in [0.1, 0.15) is 37.3 Å². The van der Waals surface area contributed by atoms with Crippen LogP contribution in [-0.4, -0.2) is 55.0 Å². The highest BCUT2D eigenvalue weighted by Gasteiger charge is 2.11. The number of benzene rings is 1. The predicted molar refractivity (Wildman–Crippen MR) is 98.2 cm³/mol. The molecular formula is C18H30N2O2S. The van der Waals surface area contributed by atoms with Crippen molar-refractivity contribution in [2.24, 2.45) is 0 Å². The molecule has 0 radical (unpaired) electrons. The fourth-order valence-electron chi connectivity index (χ4n) is 2.86. The van der Waals surface area contributed by atoms with E-state index in [-0.39, 0.29) is 12.6 Å². The average molecular weight is 339 g/mol. The lowest BCUT2D eigenvalue weighted by molar-refractivity contribution is 0.243. The van der Waals surface area contributed by atoms with Crippen LogP contribution in [0.5, 0.6) is 5.75 Å². The Kier molecular flexibility index (Phi) is 8.82. The Hall–Kier alpha value is -0.750. The minimum Gasteiger partial charge on any atom is -0.497 e. The molecule has 23 heavy (non-hydrogen) atoms. The van der Waals surface area contributed by atoms with Crippen molar-refractivity contribution in [2.75, 3.05) is 45.0 Å². The standard InChI is InChI=1S/C18H30N2O2S/c1-22-17-8-6-7-16(13-17)18(14-21)19-9-4-2-3-5-10-20-11-12-23-15-20/h6-8,13,18-19,21H,2-5,9-12,14-15H2,1H3. The molecule has 1 fully saturated rings. The molecule has 1 aliphatic heterocycles. The van der Waals surface area contributed by atoms with Crippen LogP contribution in [-0.2, 0) is 0 Å². The van der Waals surface area contributed by atoms with Crippen LogP contribution in [0.15, 0.2) is 24.3 Å². The second-order valence-corrected chi connectivity index (χ2v) is 7.11. The number of aliphatic hydroxyl groups excluding tert-OH is 1. The molecule has 2 rings (SSSR count). The summed E-state index contributed by atoms with van der Waals surface area (Å²) in [6, 6.07) is 7.91. The smallest absolute Gasteiger partial charge is 0.119 e. The third-order valence-electron chi connectivity index (χ3n) is 4.30. The van der Waals surface area contributed by atoms with Crippen molar-refractivity contribution in [2.45, 2.75) is 31.7 Å². The molecule has 0 spiro atoms. The second-order valence-electron chi connectivity index (χ2n) is 6.04. The van der Waals surface area contributed by atoms with Crippen molar-refractivity contribution in [3.8, 4) is 5.75 Å². The summed E-state index contributed by atoms with van der Waals surface area (Å²) in [6.07, 6.45) is 5.02. The first kappa shape index (κ1) is 18.6. The SMILES string of the molecule is COc1cccc(C(CO)NCCCCCCN2CCSC2)c1. The summed E-state index contributed by atoms with van der Waals surface area (Å²) >= 11 is 2.04. The molecule has 1 aromatic carbocycles. The second kappa shape index (κ2) is 10.9. The minimum absolute atomic E-state index is 0.00766. The molecule has 0 amide bonds. The van der Waals surface area contributed by atoms with Crippen molar-refractivity contribution in [3.63, 3.8) is 0 Å². The van der Waals surface area contributed by atoms with Gasteiger partial charge in [0.15, 0.2) is 0 Å². The maximum Gasteiger partial charge on any atom is 0.119 e. The number of nitrogens with zero attached hydrogens (tertiary/aromatic N) is 1. The van der Waals surface area contributed by atoms with Crippen LogP contribution < -0.4 is 10.1 Å². The summed E-state index contributed by atoms with van der Waals surface area (Å²) in [5.74, 6) is 3.36. The Morgan fingerprint density at radius 1 is 1.30 bits per heavy atom. The van der Waals surface area contributed by atoms with Crippen molar-refractivity contribution in [1.29, 1.82) is 0 Å². The molecule has 1 unspecified atom stereocenters.